The van der Waals surface area contributed by atoms with Crippen molar-refractivity contribution in [2.24, 2.45) is 0 Å². The Morgan fingerprint density at radius 3 is 2.92 bits per heavy atom. The van der Waals surface area contributed by atoms with Crippen LogP contribution in [0.4, 0.5) is 0 Å². The number of hydrogen-bond acceptors (Lipinski definition) is 6. The number of nitrogens with zero attached hydrogens (tertiary/aromatic N) is 2. The number of hydrogen-bond donors (Lipinski definition) is 1. The molecule has 0 aliphatic rings. The van der Waals surface area contributed by atoms with Gasteiger partial charge < -0.3 is 10.1 Å². The van der Waals surface area contributed by atoms with Crippen molar-refractivity contribution in [3.8, 4) is 12.3 Å². The summed E-state index contributed by atoms with van der Waals surface area (Å²) >= 11 is 2.71. The monoisotopic (exact) mass is 365 g/mol. The highest BCUT2D eigenvalue weighted by Gasteiger charge is 2.17. The zero-order chi connectivity index (χ0) is 17.7. The van der Waals surface area contributed by atoms with Gasteiger partial charge in [0.25, 0.3) is 5.56 Å². The molecule has 0 fully saturated rings. The number of aromatic nitrogens is 2. The van der Waals surface area contributed by atoms with E-state index in [1.54, 1.807) is 11.7 Å². The molecule has 2 heterocycles. The molecule has 0 saturated heterocycles. The van der Waals surface area contributed by atoms with Gasteiger partial charge >= 0.3 is 0 Å². The molecular weight excluding hydrogens is 346 g/mol. The highest BCUT2D eigenvalue weighted by molar-refractivity contribution is 7.99. The molecule has 0 radical (unpaired) electrons. The van der Waals surface area contributed by atoms with E-state index in [0.717, 1.165) is 10.4 Å². The van der Waals surface area contributed by atoms with E-state index in [1.807, 2.05) is 13.8 Å². The maximum atomic E-state index is 12.8. The highest BCUT2D eigenvalue weighted by Crippen LogP contribution is 2.28. The number of rotatable bonds is 7. The van der Waals surface area contributed by atoms with E-state index < -0.39 is 0 Å². The van der Waals surface area contributed by atoms with Crippen LogP contribution in [0.3, 0.4) is 0 Å². The topological polar surface area (TPSA) is 73.2 Å². The number of fused-ring (bicyclic) bond motifs is 1. The molecule has 2 aromatic rings. The van der Waals surface area contributed by atoms with E-state index in [0.29, 0.717) is 28.5 Å². The van der Waals surface area contributed by atoms with Crippen LogP contribution >= 0.6 is 23.1 Å². The largest absolute Gasteiger partial charge is 0.383 e. The van der Waals surface area contributed by atoms with Crippen molar-refractivity contribution in [1.29, 1.82) is 0 Å². The van der Waals surface area contributed by atoms with Gasteiger partial charge in [-0.05, 0) is 19.4 Å². The molecule has 0 atom stereocenters. The highest BCUT2D eigenvalue weighted by atomic mass is 32.2. The average Bonchev–Trinajstić information content (AvgIpc) is 2.84. The minimum Gasteiger partial charge on any atom is -0.383 e. The Kier molecular flexibility index (Phi) is 6.43. The fourth-order valence-electron chi connectivity index (χ4n) is 2.13. The second kappa shape index (κ2) is 8.33. The normalized spacial score (nSPS) is 10.8. The van der Waals surface area contributed by atoms with Gasteiger partial charge in [0, 0.05) is 12.0 Å². The zero-order valence-electron chi connectivity index (χ0n) is 13.8. The van der Waals surface area contributed by atoms with Gasteiger partial charge in [0.15, 0.2) is 5.16 Å². The van der Waals surface area contributed by atoms with Crippen LogP contribution < -0.4 is 10.9 Å². The van der Waals surface area contributed by atoms with Crippen LogP contribution in [0.1, 0.15) is 10.4 Å². The van der Waals surface area contributed by atoms with Gasteiger partial charge in [-0.2, -0.15) is 0 Å². The first kappa shape index (κ1) is 18.5. The van der Waals surface area contributed by atoms with Crippen LogP contribution in [0, 0.1) is 26.2 Å². The van der Waals surface area contributed by atoms with E-state index in [1.165, 1.54) is 23.1 Å². The fraction of sp³-hybridized carbons (Fsp3) is 0.438. The summed E-state index contributed by atoms with van der Waals surface area (Å²) in [4.78, 5) is 30.9. The first-order valence-electron chi connectivity index (χ1n) is 7.32. The summed E-state index contributed by atoms with van der Waals surface area (Å²) in [6, 6.07) is 0. The van der Waals surface area contributed by atoms with Crippen molar-refractivity contribution < 1.29 is 9.53 Å². The van der Waals surface area contributed by atoms with Gasteiger partial charge in [0.2, 0.25) is 5.91 Å². The van der Waals surface area contributed by atoms with Gasteiger partial charge in [-0.3, -0.25) is 14.2 Å². The number of thioether (sulfide) groups is 1. The third kappa shape index (κ3) is 3.98. The summed E-state index contributed by atoms with van der Waals surface area (Å²) in [5, 5.41) is 3.76. The van der Waals surface area contributed by atoms with E-state index in [2.05, 4.69) is 16.2 Å². The smallest absolute Gasteiger partial charge is 0.263 e. The van der Waals surface area contributed by atoms with Gasteiger partial charge in [-0.25, -0.2) is 4.98 Å². The lowest BCUT2D eigenvalue weighted by Gasteiger charge is -2.11. The van der Waals surface area contributed by atoms with Gasteiger partial charge in [0.05, 0.1) is 30.8 Å². The molecule has 8 heteroatoms. The summed E-state index contributed by atoms with van der Waals surface area (Å²) in [6.45, 7) is 4.87. The van der Waals surface area contributed by atoms with E-state index in [-0.39, 0.29) is 23.8 Å². The van der Waals surface area contributed by atoms with E-state index >= 15 is 0 Å². The Bertz CT molecular complexity index is 849. The minimum absolute atomic E-state index is 0.0922. The van der Waals surface area contributed by atoms with Crippen molar-refractivity contribution in [3.63, 3.8) is 0 Å². The molecule has 0 bridgehead atoms. The van der Waals surface area contributed by atoms with Crippen molar-refractivity contribution in [2.75, 3.05) is 26.0 Å². The second-order valence-corrected chi connectivity index (χ2v) is 7.22. The quantitative estimate of drug-likeness (QED) is 0.458. The number of ether oxygens (including phenoxy) is 1. The molecule has 2 rings (SSSR count). The first-order chi connectivity index (χ1) is 11.5. The third-order valence-corrected chi connectivity index (χ3v) is 5.57. The Balaban J connectivity index is 2.38. The molecule has 0 spiro atoms. The number of terminal acetylenes is 1. The molecule has 1 amide bonds. The third-order valence-electron chi connectivity index (χ3n) is 3.49. The van der Waals surface area contributed by atoms with Crippen LogP contribution in [0.5, 0.6) is 0 Å². The SMILES string of the molecule is C#CCNC(=O)CSc1nc2sc(C)c(C)c2c(=O)n1CCOC. The summed E-state index contributed by atoms with van der Waals surface area (Å²) in [5.74, 6) is 2.31. The molecule has 24 heavy (non-hydrogen) atoms. The standard InChI is InChI=1S/C16H19N3O3S2/c1-5-6-17-12(20)9-23-16-18-14-13(10(2)11(3)24-14)15(21)19(16)7-8-22-4/h1H,6-9H2,2-4H3,(H,17,20). The van der Waals surface area contributed by atoms with Crippen molar-refractivity contribution in [2.45, 2.75) is 25.5 Å². The molecule has 2 aromatic heterocycles. The van der Waals surface area contributed by atoms with Gasteiger partial charge in [-0.1, -0.05) is 17.7 Å². The van der Waals surface area contributed by atoms with Crippen molar-refractivity contribution in [1.82, 2.24) is 14.9 Å². The maximum absolute atomic E-state index is 12.8. The number of amides is 1. The Hall–Kier alpha value is -1.82. The van der Waals surface area contributed by atoms with Gasteiger partial charge in [0.1, 0.15) is 4.83 Å². The first-order valence-corrected chi connectivity index (χ1v) is 9.12. The maximum Gasteiger partial charge on any atom is 0.263 e. The van der Waals surface area contributed by atoms with Crippen LogP contribution in [-0.2, 0) is 16.1 Å². The summed E-state index contributed by atoms with van der Waals surface area (Å²) in [7, 11) is 1.58. The molecule has 0 unspecified atom stereocenters. The number of thiophene rings is 1. The lowest BCUT2D eigenvalue weighted by Crippen LogP contribution is -2.28. The summed E-state index contributed by atoms with van der Waals surface area (Å²) < 4.78 is 6.66. The minimum atomic E-state index is -0.191. The van der Waals surface area contributed by atoms with Crippen LogP contribution in [0.25, 0.3) is 10.2 Å². The lowest BCUT2D eigenvalue weighted by atomic mass is 10.2. The summed E-state index contributed by atoms with van der Waals surface area (Å²) in [5.41, 5.74) is 0.868. The van der Waals surface area contributed by atoms with Crippen LogP contribution in [0.2, 0.25) is 0 Å². The Morgan fingerprint density at radius 2 is 2.25 bits per heavy atom. The van der Waals surface area contributed by atoms with Crippen LogP contribution in [0.15, 0.2) is 9.95 Å². The predicted octanol–water partition coefficient (Wildman–Crippen LogP) is 1.56. The van der Waals surface area contributed by atoms with E-state index in [9.17, 15) is 9.59 Å². The summed E-state index contributed by atoms with van der Waals surface area (Å²) in [6.07, 6.45) is 5.12. The fourth-order valence-corrected chi connectivity index (χ4v) is 4.06. The molecule has 0 saturated carbocycles. The molecule has 6 nitrogen and oxygen atoms in total. The Morgan fingerprint density at radius 1 is 1.50 bits per heavy atom. The molecule has 0 aliphatic heterocycles. The molecule has 128 valence electrons. The lowest BCUT2D eigenvalue weighted by molar-refractivity contribution is -0.118. The number of nitrogens with one attached hydrogen (secondary N) is 1. The Labute approximate surface area is 148 Å². The number of aryl methyl sites for hydroxylation is 2. The second-order valence-electron chi connectivity index (χ2n) is 5.08. The number of carbonyl (C=O) groups is 1. The predicted molar refractivity (Wildman–Crippen MR) is 97.8 cm³/mol. The molecular formula is C16H19N3O3S2. The number of carbonyl (C=O) groups excluding carboxylic acids is 1. The van der Waals surface area contributed by atoms with Gasteiger partial charge in [-0.15, -0.1) is 17.8 Å². The van der Waals surface area contributed by atoms with E-state index in [4.69, 9.17) is 11.2 Å². The molecule has 0 aliphatic carbocycles. The molecule has 1 N–H and O–H groups in total. The van der Waals surface area contributed by atoms with Crippen molar-refractivity contribution >= 4 is 39.2 Å². The average molecular weight is 365 g/mol. The number of methoxy groups -OCH3 is 1. The van der Waals surface area contributed by atoms with Crippen LogP contribution in [-0.4, -0.2) is 41.5 Å². The molecule has 0 aromatic carbocycles. The van der Waals surface area contributed by atoms with Crippen molar-refractivity contribution in [3.05, 3.63) is 20.8 Å². The zero-order valence-corrected chi connectivity index (χ0v) is 15.5.